The average molecular weight is 467 g/mol. The van der Waals surface area contributed by atoms with Crippen molar-refractivity contribution in [2.45, 2.75) is 46.1 Å². The molecule has 0 aliphatic rings. The van der Waals surface area contributed by atoms with E-state index in [1.54, 1.807) is 11.3 Å². The van der Waals surface area contributed by atoms with Crippen molar-refractivity contribution < 1.29 is 0 Å². The summed E-state index contributed by atoms with van der Waals surface area (Å²) in [5.41, 5.74) is 0. The molecule has 0 radical (unpaired) electrons. The summed E-state index contributed by atoms with van der Waals surface area (Å²) in [4.78, 5) is 12.4. The molecule has 2 N–H and O–H groups in total. The molecule has 1 unspecified atom stereocenters. The largest absolute Gasteiger partial charge is 0.356 e. The number of aliphatic imine (C=N–C) groups is 1. The fraction of sp³-hybridized carbons (Fsp3) is 0.765. The van der Waals surface area contributed by atoms with E-state index in [-0.39, 0.29) is 24.0 Å². The number of hydrogen-bond acceptors (Lipinski definition) is 4. The third-order valence-electron chi connectivity index (χ3n) is 3.78. The van der Waals surface area contributed by atoms with Crippen molar-refractivity contribution in [3.8, 4) is 0 Å². The highest BCUT2D eigenvalue weighted by atomic mass is 127. The van der Waals surface area contributed by atoms with Gasteiger partial charge < -0.3 is 15.5 Å². The number of hydrogen-bond donors (Lipinski definition) is 2. The van der Waals surface area contributed by atoms with Crippen LogP contribution in [-0.2, 0) is 12.8 Å². The first-order valence-corrected chi connectivity index (χ1v) is 9.32. The Hall–Kier alpha value is -0.410. The number of aromatic nitrogens is 1. The van der Waals surface area contributed by atoms with E-state index in [0.29, 0.717) is 12.0 Å². The van der Waals surface area contributed by atoms with Crippen molar-refractivity contribution >= 4 is 41.3 Å². The molecule has 0 spiro atoms. The Morgan fingerprint density at radius 2 is 2.04 bits per heavy atom. The zero-order valence-corrected chi connectivity index (χ0v) is 19.1. The Balaban J connectivity index is 0.00000529. The van der Waals surface area contributed by atoms with Crippen molar-refractivity contribution in [2.24, 2.45) is 10.9 Å². The monoisotopic (exact) mass is 467 g/mol. The number of halogens is 1. The van der Waals surface area contributed by atoms with Gasteiger partial charge in [0, 0.05) is 43.7 Å². The average Bonchev–Trinajstić information content (AvgIpc) is 2.96. The van der Waals surface area contributed by atoms with Gasteiger partial charge in [-0.3, -0.25) is 4.99 Å². The molecule has 1 aromatic rings. The number of thiazole rings is 1. The summed E-state index contributed by atoms with van der Waals surface area (Å²) in [6, 6.07) is 0.514. The first kappa shape index (κ1) is 23.6. The number of likely N-dealkylation sites (N-methyl/N-ethyl adjacent to an activating group) is 1. The second-order valence-electron chi connectivity index (χ2n) is 6.45. The summed E-state index contributed by atoms with van der Waals surface area (Å²) in [6.07, 6.45) is 5.17. The van der Waals surface area contributed by atoms with Crippen molar-refractivity contribution in [3.63, 3.8) is 0 Å². The third kappa shape index (κ3) is 9.17. The van der Waals surface area contributed by atoms with Gasteiger partial charge in [0.1, 0.15) is 0 Å². The molecule has 5 nitrogen and oxygen atoms in total. The summed E-state index contributed by atoms with van der Waals surface area (Å²) in [5.74, 6) is 1.56. The van der Waals surface area contributed by atoms with Gasteiger partial charge in [0.2, 0.25) is 0 Å². The van der Waals surface area contributed by atoms with E-state index in [1.807, 2.05) is 13.2 Å². The van der Waals surface area contributed by atoms with E-state index in [2.05, 4.69) is 60.4 Å². The second kappa shape index (κ2) is 12.9. The molecule has 1 aromatic heterocycles. The standard InChI is InChI=1S/C17H33N5S.HI/c1-7-15-12-20-16(23-15)8-9-19-17(18-4)21-11-14(22(5)6)10-13(2)3;/h12-14H,7-11H2,1-6H3,(H2,18,19,21);1H. The fourth-order valence-corrected chi connectivity index (χ4v) is 3.23. The molecule has 1 heterocycles. The lowest BCUT2D eigenvalue weighted by molar-refractivity contribution is 0.254. The molecule has 0 aliphatic carbocycles. The minimum atomic E-state index is 0. The second-order valence-corrected chi connectivity index (χ2v) is 7.65. The van der Waals surface area contributed by atoms with E-state index in [0.717, 1.165) is 31.9 Å². The molecular weight excluding hydrogens is 433 g/mol. The number of guanidine groups is 1. The van der Waals surface area contributed by atoms with Crippen LogP contribution < -0.4 is 10.6 Å². The van der Waals surface area contributed by atoms with E-state index in [1.165, 1.54) is 16.3 Å². The molecule has 7 heteroatoms. The van der Waals surface area contributed by atoms with Crippen molar-refractivity contribution in [2.75, 3.05) is 34.2 Å². The summed E-state index contributed by atoms with van der Waals surface area (Å²) < 4.78 is 0. The molecule has 1 rings (SSSR count). The topological polar surface area (TPSA) is 52.6 Å². The Kier molecular flexibility index (Phi) is 12.7. The Bertz CT molecular complexity index is 473. The van der Waals surface area contributed by atoms with Crippen LogP contribution in [0.15, 0.2) is 11.2 Å². The predicted octanol–water partition coefficient (Wildman–Crippen LogP) is 3.01. The number of nitrogens with zero attached hydrogens (tertiary/aromatic N) is 3. The van der Waals surface area contributed by atoms with Crippen LogP contribution in [0.3, 0.4) is 0 Å². The van der Waals surface area contributed by atoms with Gasteiger partial charge in [-0.25, -0.2) is 4.98 Å². The summed E-state index contributed by atoms with van der Waals surface area (Å²) in [7, 11) is 6.10. The molecular formula is C17H34IN5S. The first-order chi connectivity index (χ1) is 11.0. The van der Waals surface area contributed by atoms with Gasteiger partial charge in [0.15, 0.2) is 5.96 Å². The quantitative estimate of drug-likeness (QED) is 0.333. The van der Waals surface area contributed by atoms with Gasteiger partial charge in [0.25, 0.3) is 0 Å². The van der Waals surface area contributed by atoms with Gasteiger partial charge in [-0.1, -0.05) is 20.8 Å². The molecule has 1 atom stereocenters. The highest BCUT2D eigenvalue weighted by Gasteiger charge is 2.13. The van der Waals surface area contributed by atoms with Gasteiger partial charge in [-0.05, 0) is 32.9 Å². The van der Waals surface area contributed by atoms with Crippen LogP contribution in [0.1, 0.15) is 37.1 Å². The van der Waals surface area contributed by atoms with Crippen LogP contribution in [0.2, 0.25) is 0 Å². The molecule has 140 valence electrons. The molecule has 0 amide bonds. The Morgan fingerprint density at radius 1 is 1.33 bits per heavy atom. The van der Waals surface area contributed by atoms with Crippen LogP contribution in [0, 0.1) is 5.92 Å². The minimum Gasteiger partial charge on any atom is -0.356 e. The molecule has 0 aromatic carbocycles. The predicted molar refractivity (Wildman–Crippen MR) is 117 cm³/mol. The van der Waals surface area contributed by atoms with E-state index in [9.17, 15) is 0 Å². The molecule has 0 aliphatic heterocycles. The third-order valence-corrected chi connectivity index (χ3v) is 4.99. The Labute approximate surface area is 168 Å². The summed E-state index contributed by atoms with van der Waals surface area (Å²) in [6.45, 7) is 8.46. The zero-order valence-electron chi connectivity index (χ0n) is 15.9. The molecule has 0 saturated carbocycles. The van der Waals surface area contributed by atoms with Crippen molar-refractivity contribution in [3.05, 3.63) is 16.1 Å². The number of nitrogens with one attached hydrogen (secondary N) is 2. The summed E-state index contributed by atoms with van der Waals surface area (Å²) in [5, 5.41) is 8.01. The maximum Gasteiger partial charge on any atom is 0.191 e. The van der Waals surface area contributed by atoms with Gasteiger partial charge in [-0.2, -0.15) is 0 Å². The van der Waals surface area contributed by atoms with Gasteiger partial charge >= 0.3 is 0 Å². The van der Waals surface area contributed by atoms with Crippen molar-refractivity contribution in [1.82, 2.24) is 20.5 Å². The SMILES string of the molecule is CCc1cnc(CCNC(=NC)NCC(CC(C)C)N(C)C)s1.I. The van der Waals surface area contributed by atoms with E-state index < -0.39 is 0 Å². The minimum absolute atomic E-state index is 0. The maximum atomic E-state index is 4.45. The molecule has 0 saturated heterocycles. The lowest BCUT2D eigenvalue weighted by Crippen LogP contribution is -2.45. The van der Waals surface area contributed by atoms with Gasteiger partial charge in [-0.15, -0.1) is 35.3 Å². The Morgan fingerprint density at radius 3 is 2.54 bits per heavy atom. The van der Waals surface area contributed by atoms with Crippen LogP contribution in [-0.4, -0.2) is 56.1 Å². The lowest BCUT2D eigenvalue weighted by Gasteiger charge is -2.27. The maximum absolute atomic E-state index is 4.45. The van der Waals surface area contributed by atoms with Crippen LogP contribution in [0.4, 0.5) is 0 Å². The van der Waals surface area contributed by atoms with Crippen LogP contribution in [0.25, 0.3) is 0 Å². The summed E-state index contributed by atoms with van der Waals surface area (Å²) >= 11 is 1.80. The normalized spacial score (nSPS) is 13.1. The fourth-order valence-electron chi connectivity index (χ4n) is 2.37. The smallest absolute Gasteiger partial charge is 0.191 e. The van der Waals surface area contributed by atoms with Crippen LogP contribution in [0.5, 0.6) is 0 Å². The molecule has 24 heavy (non-hydrogen) atoms. The van der Waals surface area contributed by atoms with Crippen molar-refractivity contribution in [1.29, 1.82) is 0 Å². The van der Waals surface area contributed by atoms with Gasteiger partial charge in [0.05, 0.1) is 5.01 Å². The highest BCUT2D eigenvalue weighted by molar-refractivity contribution is 14.0. The van der Waals surface area contributed by atoms with Crippen LogP contribution >= 0.6 is 35.3 Å². The lowest BCUT2D eigenvalue weighted by atomic mass is 10.0. The molecule has 0 bridgehead atoms. The molecule has 0 fully saturated rings. The van der Waals surface area contributed by atoms with E-state index >= 15 is 0 Å². The zero-order chi connectivity index (χ0) is 17.2. The first-order valence-electron chi connectivity index (χ1n) is 8.50. The van der Waals surface area contributed by atoms with E-state index in [4.69, 9.17) is 0 Å². The number of rotatable bonds is 9. The number of aryl methyl sites for hydroxylation is 1. The highest BCUT2D eigenvalue weighted by Crippen LogP contribution is 2.13.